The van der Waals surface area contributed by atoms with Crippen LogP contribution in [0.25, 0.3) is 0 Å². The minimum atomic E-state index is 0.00944. The lowest BCUT2D eigenvalue weighted by molar-refractivity contribution is 0.282. The molecule has 2 nitrogen and oxygen atoms in total. The highest BCUT2D eigenvalue weighted by atomic mass is 35.5. The van der Waals surface area contributed by atoms with Crippen LogP contribution in [0, 0.1) is 5.92 Å². The van der Waals surface area contributed by atoms with E-state index >= 15 is 0 Å². The Morgan fingerprint density at radius 1 is 1.41 bits per heavy atom. The summed E-state index contributed by atoms with van der Waals surface area (Å²) in [6.45, 7) is 4.42. The molecule has 0 spiro atoms. The van der Waals surface area contributed by atoms with Crippen molar-refractivity contribution >= 4 is 17.3 Å². The fourth-order valence-electron chi connectivity index (χ4n) is 2.07. The first-order valence-corrected chi connectivity index (χ1v) is 6.76. The van der Waals surface area contributed by atoms with Gasteiger partial charge in [-0.3, -0.25) is 0 Å². The first-order chi connectivity index (χ1) is 8.24. The van der Waals surface area contributed by atoms with E-state index in [9.17, 15) is 0 Å². The number of aliphatic hydroxyl groups is 1. The quantitative estimate of drug-likeness (QED) is 0.839. The van der Waals surface area contributed by atoms with Crippen LogP contribution in [0.1, 0.15) is 31.7 Å². The van der Waals surface area contributed by atoms with Gasteiger partial charge in [-0.1, -0.05) is 24.6 Å². The van der Waals surface area contributed by atoms with Crippen LogP contribution in [0.4, 0.5) is 5.69 Å². The zero-order valence-corrected chi connectivity index (χ0v) is 11.1. The van der Waals surface area contributed by atoms with E-state index in [1.807, 2.05) is 12.1 Å². The van der Waals surface area contributed by atoms with Gasteiger partial charge in [-0.25, -0.2) is 0 Å². The van der Waals surface area contributed by atoms with E-state index in [2.05, 4.69) is 17.9 Å². The van der Waals surface area contributed by atoms with Gasteiger partial charge in [0.1, 0.15) is 0 Å². The van der Waals surface area contributed by atoms with Gasteiger partial charge in [-0.15, -0.1) is 0 Å². The fraction of sp³-hybridized carbons (Fsp3) is 0.571. The van der Waals surface area contributed by atoms with Crippen molar-refractivity contribution in [3.05, 3.63) is 28.8 Å². The highest BCUT2D eigenvalue weighted by Crippen LogP contribution is 2.32. The molecule has 0 radical (unpaired) electrons. The zero-order chi connectivity index (χ0) is 12.3. The maximum absolute atomic E-state index is 9.11. The van der Waals surface area contributed by atoms with Crippen molar-refractivity contribution in [2.75, 3.05) is 18.0 Å². The molecular formula is C14H20ClNO. The number of rotatable bonds is 6. The third-order valence-electron chi connectivity index (χ3n) is 3.24. The van der Waals surface area contributed by atoms with Crippen molar-refractivity contribution in [2.45, 2.75) is 32.8 Å². The van der Waals surface area contributed by atoms with Gasteiger partial charge >= 0.3 is 0 Å². The fourth-order valence-corrected chi connectivity index (χ4v) is 2.30. The molecule has 0 amide bonds. The van der Waals surface area contributed by atoms with Gasteiger partial charge in [0.05, 0.1) is 6.61 Å². The van der Waals surface area contributed by atoms with Gasteiger partial charge in [0.25, 0.3) is 0 Å². The summed E-state index contributed by atoms with van der Waals surface area (Å²) in [6.07, 6.45) is 3.87. The molecule has 0 aromatic heterocycles. The van der Waals surface area contributed by atoms with Gasteiger partial charge in [-0.05, 0) is 42.9 Å². The highest BCUT2D eigenvalue weighted by Gasteiger charge is 2.24. The zero-order valence-electron chi connectivity index (χ0n) is 10.3. The smallest absolute Gasteiger partial charge is 0.0696 e. The van der Waals surface area contributed by atoms with Gasteiger partial charge in [0.2, 0.25) is 0 Å². The van der Waals surface area contributed by atoms with E-state index < -0.39 is 0 Å². The number of anilines is 1. The average molecular weight is 254 g/mol. The summed E-state index contributed by atoms with van der Waals surface area (Å²) in [4.78, 5) is 2.41. The molecule has 1 N–H and O–H groups in total. The molecule has 1 aromatic carbocycles. The summed E-state index contributed by atoms with van der Waals surface area (Å²) in [5, 5.41) is 9.78. The molecule has 1 aromatic rings. The summed E-state index contributed by atoms with van der Waals surface area (Å²) >= 11 is 6.14. The standard InChI is InChI=1S/C14H20ClNO/c1-2-7-16(9-11-3-4-11)13-6-5-12(10-17)14(15)8-13/h5-6,8,11,17H,2-4,7,9-10H2,1H3. The lowest BCUT2D eigenvalue weighted by atomic mass is 10.2. The molecule has 0 bridgehead atoms. The average Bonchev–Trinajstić information content (AvgIpc) is 3.12. The lowest BCUT2D eigenvalue weighted by Gasteiger charge is -2.25. The maximum Gasteiger partial charge on any atom is 0.0696 e. The number of hydrogen-bond donors (Lipinski definition) is 1. The largest absolute Gasteiger partial charge is 0.392 e. The Kier molecular flexibility index (Phi) is 4.30. The molecule has 0 heterocycles. The molecule has 0 saturated heterocycles. The number of halogens is 1. The SMILES string of the molecule is CCCN(CC1CC1)c1ccc(CO)c(Cl)c1. The minimum absolute atomic E-state index is 0.00944. The van der Waals surface area contributed by atoms with E-state index in [0.717, 1.165) is 31.0 Å². The molecule has 0 atom stereocenters. The van der Waals surface area contributed by atoms with Crippen LogP contribution in [0.15, 0.2) is 18.2 Å². The molecule has 0 unspecified atom stereocenters. The number of hydrogen-bond acceptors (Lipinski definition) is 2. The molecule has 1 aliphatic carbocycles. The summed E-state index contributed by atoms with van der Waals surface area (Å²) in [6, 6.07) is 5.97. The van der Waals surface area contributed by atoms with E-state index in [4.69, 9.17) is 16.7 Å². The van der Waals surface area contributed by atoms with Gasteiger partial charge in [0, 0.05) is 23.8 Å². The van der Waals surface area contributed by atoms with E-state index in [0.29, 0.717) is 5.02 Å². The number of benzene rings is 1. The number of nitrogens with zero attached hydrogens (tertiary/aromatic N) is 1. The monoisotopic (exact) mass is 253 g/mol. The van der Waals surface area contributed by atoms with Gasteiger partial charge in [-0.2, -0.15) is 0 Å². The summed E-state index contributed by atoms with van der Waals surface area (Å²) in [5.74, 6) is 0.873. The normalized spacial score (nSPS) is 15.0. The Labute approximate surface area is 108 Å². The molecule has 94 valence electrons. The summed E-state index contributed by atoms with van der Waals surface area (Å²) in [5.41, 5.74) is 1.99. The lowest BCUT2D eigenvalue weighted by Crippen LogP contribution is -2.26. The molecular weight excluding hydrogens is 234 g/mol. The van der Waals surface area contributed by atoms with Crippen LogP contribution in [0.2, 0.25) is 5.02 Å². The van der Waals surface area contributed by atoms with Crippen molar-refractivity contribution in [1.29, 1.82) is 0 Å². The highest BCUT2D eigenvalue weighted by molar-refractivity contribution is 6.31. The van der Waals surface area contributed by atoms with Crippen LogP contribution in [-0.2, 0) is 6.61 Å². The third kappa shape index (κ3) is 3.36. The second kappa shape index (κ2) is 5.74. The van der Waals surface area contributed by atoms with Gasteiger partial charge < -0.3 is 10.0 Å². The predicted molar refractivity (Wildman–Crippen MR) is 72.6 cm³/mol. The van der Waals surface area contributed by atoms with E-state index in [1.165, 1.54) is 18.5 Å². The predicted octanol–water partition coefficient (Wildman–Crippen LogP) is 3.46. The summed E-state index contributed by atoms with van der Waals surface area (Å²) in [7, 11) is 0. The van der Waals surface area contributed by atoms with Crippen LogP contribution in [0.5, 0.6) is 0 Å². The van der Waals surface area contributed by atoms with Crippen molar-refractivity contribution in [2.24, 2.45) is 5.92 Å². The van der Waals surface area contributed by atoms with Crippen LogP contribution in [-0.4, -0.2) is 18.2 Å². The van der Waals surface area contributed by atoms with Gasteiger partial charge in [0.15, 0.2) is 0 Å². The molecule has 1 fully saturated rings. The minimum Gasteiger partial charge on any atom is -0.392 e. The Balaban J connectivity index is 2.13. The molecule has 3 heteroatoms. The van der Waals surface area contributed by atoms with Crippen LogP contribution < -0.4 is 4.90 Å². The first kappa shape index (κ1) is 12.7. The Bertz CT molecular complexity index is 376. The first-order valence-electron chi connectivity index (χ1n) is 6.38. The van der Waals surface area contributed by atoms with E-state index in [-0.39, 0.29) is 6.61 Å². The summed E-state index contributed by atoms with van der Waals surface area (Å²) < 4.78 is 0. The van der Waals surface area contributed by atoms with Crippen molar-refractivity contribution in [3.8, 4) is 0 Å². The Morgan fingerprint density at radius 3 is 2.71 bits per heavy atom. The second-order valence-electron chi connectivity index (χ2n) is 4.82. The van der Waals surface area contributed by atoms with Crippen molar-refractivity contribution in [1.82, 2.24) is 0 Å². The number of aliphatic hydroxyl groups excluding tert-OH is 1. The second-order valence-corrected chi connectivity index (χ2v) is 5.23. The molecule has 1 saturated carbocycles. The topological polar surface area (TPSA) is 23.5 Å². The maximum atomic E-state index is 9.11. The van der Waals surface area contributed by atoms with Crippen molar-refractivity contribution < 1.29 is 5.11 Å². The van der Waals surface area contributed by atoms with Crippen molar-refractivity contribution in [3.63, 3.8) is 0 Å². The Morgan fingerprint density at radius 2 is 2.18 bits per heavy atom. The van der Waals surface area contributed by atoms with Crippen LogP contribution in [0.3, 0.4) is 0 Å². The molecule has 2 rings (SSSR count). The Hall–Kier alpha value is -0.730. The molecule has 1 aliphatic rings. The third-order valence-corrected chi connectivity index (χ3v) is 3.59. The molecule has 0 aliphatic heterocycles. The molecule has 17 heavy (non-hydrogen) atoms. The van der Waals surface area contributed by atoms with Crippen LogP contribution >= 0.6 is 11.6 Å². The van der Waals surface area contributed by atoms with E-state index in [1.54, 1.807) is 0 Å².